The Morgan fingerprint density at radius 2 is 2.40 bits per heavy atom. The molecular weight excluding hydrogens is 212 g/mol. The number of aromatic nitrogens is 1. The Labute approximate surface area is 93.5 Å². The van der Waals surface area contributed by atoms with Crippen LogP contribution >= 0.6 is 11.3 Å². The number of nitrogens with zero attached hydrogens (tertiary/aromatic N) is 2. The van der Waals surface area contributed by atoms with Crippen LogP contribution in [0.2, 0.25) is 0 Å². The van der Waals surface area contributed by atoms with Crippen LogP contribution < -0.4 is 4.74 Å². The van der Waals surface area contributed by atoms with Gasteiger partial charge < -0.3 is 9.84 Å². The number of aliphatic hydroxyl groups is 1. The summed E-state index contributed by atoms with van der Waals surface area (Å²) in [4.78, 5) is 7.53. The molecule has 0 aromatic carbocycles. The Bertz CT molecular complexity index is 353. The zero-order valence-corrected chi connectivity index (χ0v) is 10.0. The monoisotopic (exact) mass is 228 g/mol. The summed E-state index contributed by atoms with van der Waals surface area (Å²) < 4.78 is 5.12. The zero-order chi connectivity index (χ0) is 11.0. The largest absolute Gasteiger partial charge is 0.473 e. The average Bonchev–Trinajstić information content (AvgIpc) is 2.62. The van der Waals surface area contributed by atoms with Crippen LogP contribution in [0.5, 0.6) is 5.19 Å². The molecule has 2 heterocycles. The molecule has 0 fully saturated rings. The van der Waals surface area contributed by atoms with Crippen LogP contribution in [0.25, 0.3) is 0 Å². The lowest BCUT2D eigenvalue weighted by Gasteiger charge is -2.33. The van der Waals surface area contributed by atoms with Crippen molar-refractivity contribution in [3.8, 4) is 5.19 Å². The van der Waals surface area contributed by atoms with Gasteiger partial charge in [-0.1, -0.05) is 18.3 Å². The van der Waals surface area contributed by atoms with Crippen LogP contribution in [-0.4, -0.2) is 35.7 Å². The summed E-state index contributed by atoms with van der Waals surface area (Å²) in [5.74, 6) is 0. The smallest absolute Gasteiger partial charge is 0.273 e. The summed E-state index contributed by atoms with van der Waals surface area (Å²) in [6, 6.07) is 0.309. The fourth-order valence-corrected chi connectivity index (χ4v) is 3.00. The zero-order valence-electron chi connectivity index (χ0n) is 9.23. The second kappa shape index (κ2) is 4.08. The third-order valence-corrected chi connectivity index (χ3v) is 3.97. The molecule has 2 atom stereocenters. The molecule has 1 aliphatic heterocycles. The van der Waals surface area contributed by atoms with Gasteiger partial charge in [0.15, 0.2) is 0 Å². The SMILES string of the molecule is CCC1c2nc(OC)sc2C(O)CN1C. The maximum atomic E-state index is 9.93. The van der Waals surface area contributed by atoms with Crippen molar-refractivity contribution in [2.24, 2.45) is 0 Å². The summed E-state index contributed by atoms with van der Waals surface area (Å²) in [6.45, 7) is 2.81. The molecule has 0 spiro atoms. The molecule has 1 N–H and O–H groups in total. The molecule has 2 unspecified atom stereocenters. The van der Waals surface area contributed by atoms with Crippen molar-refractivity contribution in [3.63, 3.8) is 0 Å². The third-order valence-electron chi connectivity index (χ3n) is 2.83. The number of β-amino-alcohol motifs (C(OH)–C–C–N with tert-alkyl or cyclic N) is 1. The number of hydrogen-bond acceptors (Lipinski definition) is 5. The summed E-state index contributed by atoms with van der Waals surface area (Å²) in [5, 5.41) is 10.6. The fraction of sp³-hybridized carbons (Fsp3) is 0.700. The van der Waals surface area contributed by atoms with E-state index in [0.29, 0.717) is 17.8 Å². The fourth-order valence-electron chi connectivity index (χ4n) is 2.08. The van der Waals surface area contributed by atoms with Crippen LogP contribution in [0.3, 0.4) is 0 Å². The quantitative estimate of drug-likeness (QED) is 0.835. The number of hydrogen-bond donors (Lipinski definition) is 1. The highest BCUT2D eigenvalue weighted by Gasteiger charge is 2.32. The summed E-state index contributed by atoms with van der Waals surface area (Å²) in [7, 11) is 3.63. The molecule has 0 saturated heterocycles. The lowest BCUT2D eigenvalue weighted by atomic mass is 10.0. The van der Waals surface area contributed by atoms with Crippen molar-refractivity contribution < 1.29 is 9.84 Å². The molecule has 0 radical (unpaired) electrons. The number of rotatable bonds is 2. The minimum Gasteiger partial charge on any atom is -0.473 e. The highest BCUT2D eigenvalue weighted by Crippen LogP contribution is 2.40. The van der Waals surface area contributed by atoms with E-state index in [-0.39, 0.29) is 0 Å². The van der Waals surface area contributed by atoms with Gasteiger partial charge in [0.05, 0.1) is 23.7 Å². The minimum atomic E-state index is -0.422. The molecule has 1 aromatic rings. The lowest BCUT2D eigenvalue weighted by Crippen LogP contribution is -2.34. The first-order chi connectivity index (χ1) is 7.17. The summed E-state index contributed by atoms with van der Waals surface area (Å²) in [5.41, 5.74) is 0.987. The van der Waals surface area contributed by atoms with E-state index >= 15 is 0 Å². The molecule has 0 amide bonds. The van der Waals surface area contributed by atoms with E-state index in [2.05, 4.69) is 16.8 Å². The second-order valence-electron chi connectivity index (χ2n) is 3.81. The molecule has 5 heteroatoms. The standard InChI is InChI=1S/C10H16N2O2S/c1-4-6-8-9(7(13)5-12(6)2)15-10(11-8)14-3/h6-7,13H,4-5H2,1-3H3. The summed E-state index contributed by atoms with van der Waals surface area (Å²) >= 11 is 1.45. The molecule has 15 heavy (non-hydrogen) atoms. The van der Waals surface area contributed by atoms with Crippen LogP contribution in [0.1, 0.15) is 36.1 Å². The van der Waals surface area contributed by atoms with Crippen LogP contribution in [-0.2, 0) is 0 Å². The summed E-state index contributed by atoms with van der Waals surface area (Å²) in [6.07, 6.45) is 0.581. The van der Waals surface area contributed by atoms with Gasteiger partial charge in [0.25, 0.3) is 5.19 Å². The Kier molecular flexibility index (Phi) is 2.95. The van der Waals surface area contributed by atoms with Crippen LogP contribution in [0, 0.1) is 0 Å². The number of methoxy groups -OCH3 is 1. The molecule has 84 valence electrons. The van der Waals surface area contributed by atoms with Crippen molar-refractivity contribution >= 4 is 11.3 Å². The van der Waals surface area contributed by atoms with Gasteiger partial charge in [0.1, 0.15) is 6.10 Å². The Balaban J connectivity index is 2.42. The van der Waals surface area contributed by atoms with Gasteiger partial charge in [-0.2, -0.15) is 0 Å². The van der Waals surface area contributed by atoms with Gasteiger partial charge in [0, 0.05) is 6.54 Å². The normalized spacial score (nSPS) is 26.4. The average molecular weight is 228 g/mol. The first kappa shape index (κ1) is 10.9. The number of aliphatic hydroxyl groups excluding tert-OH is 1. The number of thiazole rings is 1. The maximum Gasteiger partial charge on any atom is 0.273 e. The second-order valence-corrected chi connectivity index (χ2v) is 4.81. The topological polar surface area (TPSA) is 45.6 Å². The van der Waals surface area contributed by atoms with Gasteiger partial charge >= 0.3 is 0 Å². The Morgan fingerprint density at radius 1 is 1.67 bits per heavy atom. The van der Waals surface area contributed by atoms with Crippen molar-refractivity contribution in [3.05, 3.63) is 10.6 Å². The lowest BCUT2D eigenvalue weighted by molar-refractivity contribution is 0.0837. The van der Waals surface area contributed by atoms with Gasteiger partial charge in [-0.3, -0.25) is 4.90 Å². The predicted molar refractivity (Wildman–Crippen MR) is 59.3 cm³/mol. The maximum absolute atomic E-state index is 9.93. The predicted octanol–water partition coefficient (Wildman–Crippen LogP) is 1.58. The van der Waals surface area contributed by atoms with Gasteiger partial charge in [-0.25, -0.2) is 4.98 Å². The van der Waals surface area contributed by atoms with Gasteiger partial charge in [-0.15, -0.1) is 0 Å². The molecule has 1 aromatic heterocycles. The molecule has 0 aliphatic carbocycles. The van der Waals surface area contributed by atoms with E-state index in [4.69, 9.17) is 4.74 Å². The highest BCUT2D eigenvalue weighted by atomic mass is 32.1. The number of likely N-dealkylation sites (N-methyl/N-ethyl adjacent to an activating group) is 1. The first-order valence-electron chi connectivity index (χ1n) is 5.10. The van der Waals surface area contributed by atoms with Crippen LogP contribution in [0.15, 0.2) is 0 Å². The van der Waals surface area contributed by atoms with E-state index in [9.17, 15) is 5.11 Å². The van der Waals surface area contributed by atoms with E-state index in [0.717, 1.165) is 17.0 Å². The number of ether oxygens (including phenoxy) is 1. The Hall–Kier alpha value is -0.650. The number of fused-ring (bicyclic) bond motifs is 1. The van der Waals surface area contributed by atoms with Gasteiger partial charge in [-0.05, 0) is 13.5 Å². The first-order valence-corrected chi connectivity index (χ1v) is 5.92. The van der Waals surface area contributed by atoms with Crippen molar-refractivity contribution in [2.75, 3.05) is 20.7 Å². The van der Waals surface area contributed by atoms with E-state index in [1.165, 1.54) is 11.3 Å². The van der Waals surface area contributed by atoms with Crippen molar-refractivity contribution in [1.82, 2.24) is 9.88 Å². The van der Waals surface area contributed by atoms with Gasteiger partial charge in [0.2, 0.25) is 0 Å². The Morgan fingerprint density at radius 3 is 3.00 bits per heavy atom. The molecule has 2 rings (SSSR count). The van der Waals surface area contributed by atoms with E-state index in [1.54, 1.807) is 7.11 Å². The molecule has 4 nitrogen and oxygen atoms in total. The van der Waals surface area contributed by atoms with E-state index in [1.807, 2.05) is 7.05 Å². The highest BCUT2D eigenvalue weighted by molar-refractivity contribution is 7.13. The molecular formula is C10H16N2O2S. The van der Waals surface area contributed by atoms with Crippen molar-refractivity contribution in [1.29, 1.82) is 0 Å². The van der Waals surface area contributed by atoms with Crippen LogP contribution in [0.4, 0.5) is 0 Å². The van der Waals surface area contributed by atoms with Crippen molar-refractivity contribution in [2.45, 2.75) is 25.5 Å². The third kappa shape index (κ3) is 1.75. The molecule has 1 aliphatic rings. The molecule has 0 saturated carbocycles. The molecule has 0 bridgehead atoms. The van der Waals surface area contributed by atoms with E-state index < -0.39 is 6.10 Å². The minimum absolute atomic E-state index is 0.309.